The number of aromatic nitrogens is 1. The lowest BCUT2D eigenvalue weighted by molar-refractivity contribution is -0.140. The monoisotopic (exact) mass is 442 g/mol. The van der Waals surface area contributed by atoms with Gasteiger partial charge in [-0.05, 0) is 56.6 Å². The summed E-state index contributed by atoms with van der Waals surface area (Å²) in [6.07, 6.45) is 4.54. The van der Waals surface area contributed by atoms with E-state index in [1.54, 1.807) is 18.4 Å². The van der Waals surface area contributed by atoms with E-state index in [2.05, 4.69) is 39.1 Å². The van der Waals surface area contributed by atoms with Gasteiger partial charge in [0.1, 0.15) is 10.8 Å². The molecular formula is C24H34N4O2S. The SMILES string of the molecule is CCCN1CCCCC1C(=O)N1CCN(Cc2csc(-c3ccc(OC)cc3)n2)CC1. The second-order valence-electron chi connectivity index (χ2n) is 8.52. The first-order valence-electron chi connectivity index (χ1n) is 11.5. The maximum absolute atomic E-state index is 13.2. The molecule has 1 amide bonds. The van der Waals surface area contributed by atoms with E-state index in [4.69, 9.17) is 9.72 Å². The Labute approximate surface area is 189 Å². The van der Waals surface area contributed by atoms with E-state index in [0.29, 0.717) is 5.91 Å². The summed E-state index contributed by atoms with van der Waals surface area (Å²) in [5.74, 6) is 1.21. The Morgan fingerprint density at radius 2 is 1.90 bits per heavy atom. The van der Waals surface area contributed by atoms with Crippen LogP contribution in [0.25, 0.3) is 10.6 Å². The summed E-state index contributed by atoms with van der Waals surface area (Å²) in [5, 5.41) is 3.20. The standard InChI is InChI=1S/C24H34N4O2S/c1-3-11-27-12-5-4-6-22(27)24(29)28-15-13-26(14-16-28)17-20-18-31-23(25-20)19-7-9-21(30-2)10-8-19/h7-10,18,22H,3-6,11-17H2,1-2H3. The van der Waals surface area contributed by atoms with Crippen molar-refractivity contribution in [2.24, 2.45) is 0 Å². The van der Waals surface area contributed by atoms with Gasteiger partial charge in [0.25, 0.3) is 0 Å². The minimum Gasteiger partial charge on any atom is -0.497 e. The average Bonchev–Trinajstić information content (AvgIpc) is 3.28. The van der Waals surface area contributed by atoms with Crippen molar-refractivity contribution in [1.29, 1.82) is 0 Å². The van der Waals surface area contributed by atoms with Crippen molar-refractivity contribution in [2.75, 3.05) is 46.4 Å². The van der Waals surface area contributed by atoms with Crippen LogP contribution in [0, 0.1) is 0 Å². The lowest BCUT2D eigenvalue weighted by atomic mass is 10.00. The van der Waals surface area contributed by atoms with Gasteiger partial charge in [0.05, 0.1) is 18.8 Å². The molecule has 0 saturated carbocycles. The van der Waals surface area contributed by atoms with Crippen LogP contribution in [-0.2, 0) is 11.3 Å². The zero-order valence-electron chi connectivity index (χ0n) is 18.8. The molecule has 2 aliphatic heterocycles. The molecule has 168 valence electrons. The number of benzene rings is 1. The van der Waals surface area contributed by atoms with Gasteiger partial charge in [0.15, 0.2) is 0 Å². The third-order valence-corrected chi connectivity index (χ3v) is 7.31. The second kappa shape index (κ2) is 10.6. The molecule has 0 bridgehead atoms. The second-order valence-corrected chi connectivity index (χ2v) is 9.38. The molecule has 2 aromatic rings. The number of hydrogen-bond acceptors (Lipinski definition) is 6. The van der Waals surface area contributed by atoms with Crippen molar-refractivity contribution < 1.29 is 9.53 Å². The molecule has 6 nitrogen and oxygen atoms in total. The van der Waals surface area contributed by atoms with Gasteiger partial charge < -0.3 is 9.64 Å². The maximum Gasteiger partial charge on any atom is 0.240 e. The van der Waals surface area contributed by atoms with Crippen LogP contribution in [-0.4, -0.2) is 78.0 Å². The van der Waals surface area contributed by atoms with Gasteiger partial charge in [0, 0.05) is 43.7 Å². The quantitative estimate of drug-likeness (QED) is 0.654. The minimum absolute atomic E-state index is 0.103. The van der Waals surface area contributed by atoms with Crippen LogP contribution in [0.3, 0.4) is 0 Å². The van der Waals surface area contributed by atoms with Gasteiger partial charge in [-0.1, -0.05) is 13.3 Å². The van der Waals surface area contributed by atoms with Crippen LogP contribution in [0.2, 0.25) is 0 Å². The summed E-state index contributed by atoms with van der Waals surface area (Å²) in [6, 6.07) is 8.16. The van der Waals surface area contributed by atoms with E-state index in [9.17, 15) is 4.79 Å². The molecule has 2 saturated heterocycles. The topological polar surface area (TPSA) is 48.9 Å². The normalized spacial score (nSPS) is 20.7. The summed E-state index contributed by atoms with van der Waals surface area (Å²) >= 11 is 1.69. The number of ether oxygens (including phenoxy) is 1. The summed E-state index contributed by atoms with van der Waals surface area (Å²) in [6.45, 7) is 8.65. The number of piperazine rings is 1. The number of hydrogen-bond donors (Lipinski definition) is 0. The Bertz CT molecular complexity index is 844. The Balaban J connectivity index is 1.29. The van der Waals surface area contributed by atoms with Crippen molar-refractivity contribution in [3.05, 3.63) is 35.3 Å². The van der Waals surface area contributed by atoms with E-state index >= 15 is 0 Å². The van der Waals surface area contributed by atoms with E-state index in [0.717, 1.165) is 80.7 Å². The number of methoxy groups -OCH3 is 1. The van der Waals surface area contributed by atoms with Gasteiger partial charge in [-0.3, -0.25) is 14.6 Å². The van der Waals surface area contributed by atoms with Crippen LogP contribution in [0.4, 0.5) is 0 Å². The van der Waals surface area contributed by atoms with Crippen LogP contribution in [0.15, 0.2) is 29.6 Å². The molecule has 1 unspecified atom stereocenters. The summed E-state index contributed by atoms with van der Waals surface area (Å²) in [4.78, 5) is 24.9. The first-order valence-corrected chi connectivity index (χ1v) is 12.4. The number of piperidine rings is 1. The zero-order valence-corrected chi connectivity index (χ0v) is 19.6. The number of thiazole rings is 1. The number of carbonyl (C=O) groups excluding carboxylic acids is 1. The largest absolute Gasteiger partial charge is 0.497 e. The van der Waals surface area contributed by atoms with Gasteiger partial charge in [-0.25, -0.2) is 4.98 Å². The van der Waals surface area contributed by atoms with Crippen molar-refractivity contribution in [1.82, 2.24) is 19.7 Å². The highest BCUT2D eigenvalue weighted by atomic mass is 32.1. The number of likely N-dealkylation sites (tertiary alicyclic amines) is 1. The van der Waals surface area contributed by atoms with Crippen molar-refractivity contribution in [3.8, 4) is 16.3 Å². The Morgan fingerprint density at radius 3 is 2.61 bits per heavy atom. The molecule has 0 radical (unpaired) electrons. The smallest absolute Gasteiger partial charge is 0.240 e. The lowest BCUT2D eigenvalue weighted by Gasteiger charge is -2.40. The molecule has 1 aromatic heterocycles. The van der Waals surface area contributed by atoms with E-state index in [1.165, 1.54) is 12.8 Å². The first kappa shape index (κ1) is 22.2. The van der Waals surface area contributed by atoms with Gasteiger partial charge in [-0.2, -0.15) is 0 Å². The molecule has 0 N–H and O–H groups in total. The number of rotatable bonds is 7. The first-order chi connectivity index (χ1) is 15.2. The van der Waals surface area contributed by atoms with E-state index in [-0.39, 0.29) is 6.04 Å². The molecule has 0 spiro atoms. The maximum atomic E-state index is 13.2. The Morgan fingerprint density at radius 1 is 1.13 bits per heavy atom. The number of amides is 1. The molecule has 3 heterocycles. The highest BCUT2D eigenvalue weighted by Gasteiger charge is 2.32. The summed E-state index contributed by atoms with van der Waals surface area (Å²) in [7, 11) is 1.68. The van der Waals surface area contributed by atoms with Crippen LogP contribution >= 0.6 is 11.3 Å². The van der Waals surface area contributed by atoms with E-state index < -0.39 is 0 Å². The molecule has 2 fully saturated rings. The predicted octanol–water partition coefficient (Wildman–Crippen LogP) is 3.73. The van der Waals surface area contributed by atoms with Crippen molar-refractivity contribution in [3.63, 3.8) is 0 Å². The predicted molar refractivity (Wildman–Crippen MR) is 125 cm³/mol. The van der Waals surface area contributed by atoms with Crippen LogP contribution < -0.4 is 4.74 Å². The highest BCUT2D eigenvalue weighted by Crippen LogP contribution is 2.26. The number of carbonyl (C=O) groups is 1. The van der Waals surface area contributed by atoms with Gasteiger partial charge in [-0.15, -0.1) is 11.3 Å². The molecule has 7 heteroatoms. The van der Waals surface area contributed by atoms with Crippen LogP contribution in [0.1, 0.15) is 38.3 Å². The van der Waals surface area contributed by atoms with Crippen molar-refractivity contribution in [2.45, 2.75) is 45.2 Å². The Kier molecular flexibility index (Phi) is 7.58. The molecule has 2 aliphatic rings. The number of nitrogens with zero attached hydrogens (tertiary/aromatic N) is 4. The molecule has 0 aliphatic carbocycles. The zero-order chi connectivity index (χ0) is 21.6. The fourth-order valence-electron chi connectivity index (χ4n) is 4.64. The third kappa shape index (κ3) is 5.45. The molecule has 4 rings (SSSR count). The molecule has 1 atom stereocenters. The molecule has 31 heavy (non-hydrogen) atoms. The lowest BCUT2D eigenvalue weighted by Crippen LogP contribution is -2.56. The molecule has 1 aromatic carbocycles. The third-order valence-electron chi connectivity index (χ3n) is 6.37. The molecular weight excluding hydrogens is 408 g/mol. The van der Waals surface area contributed by atoms with Crippen LogP contribution in [0.5, 0.6) is 5.75 Å². The fraction of sp³-hybridized carbons (Fsp3) is 0.583. The summed E-state index contributed by atoms with van der Waals surface area (Å²) in [5.41, 5.74) is 2.23. The minimum atomic E-state index is 0.103. The average molecular weight is 443 g/mol. The van der Waals surface area contributed by atoms with Gasteiger partial charge in [0.2, 0.25) is 5.91 Å². The van der Waals surface area contributed by atoms with Gasteiger partial charge >= 0.3 is 0 Å². The summed E-state index contributed by atoms with van der Waals surface area (Å²) < 4.78 is 5.24. The Hall–Kier alpha value is -1.96. The van der Waals surface area contributed by atoms with E-state index in [1.807, 2.05) is 12.1 Å². The van der Waals surface area contributed by atoms with Crippen molar-refractivity contribution >= 4 is 17.2 Å². The fourth-order valence-corrected chi connectivity index (χ4v) is 5.45. The highest BCUT2D eigenvalue weighted by molar-refractivity contribution is 7.13.